The molecule has 7 nitrogen and oxygen atoms in total. The molecule has 0 saturated heterocycles. The molecule has 1 amide bonds. The Kier molecular flexibility index (Phi) is 7.65. The summed E-state index contributed by atoms with van der Waals surface area (Å²) in [6.07, 6.45) is 1.36. The van der Waals surface area contributed by atoms with Gasteiger partial charge in [-0.05, 0) is 50.1 Å². The zero-order valence-corrected chi connectivity index (χ0v) is 18.3. The predicted octanol–water partition coefficient (Wildman–Crippen LogP) is 3.02. The molecular formula is C24H29N3O4. The van der Waals surface area contributed by atoms with E-state index < -0.39 is 0 Å². The topological polar surface area (TPSA) is 82.5 Å². The van der Waals surface area contributed by atoms with Crippen LogP contribution in [-0.4, -0.2) is 35.2 Å². The molecule has 0 aliphatic carbocycles. The average Bonchev–Trinajstić information content (AvgIpc) is 2.77. The number of hydrogen-bond acceptors (Lipinski definition) is 5. The summed E-state index contributed by atoms with van der Waals surface area (Å²) >= 11 is 0. The van der Waals surface area contributed by atoms with Crippen molar-refractivity contribution in [1.29, 1.82) is 0 Å². The Labute approximate surface area is 182 Å². The van der Waals surface area contributed by atoms with Gasteiger partial charge in [-0.15, -0.1) is 0 Å². The number of amides is 1. The van der Waals surface area contributed by atoms with Crippen molar-refractivity contribution in [3.63, 3.8) is 0 Å². The Hall–Kier alpha value is -3.35. The van der Waals surface area contributed by atoms with E-state index in [-0.39, 0.29) is 17.9 Å². The fourth-order valence-electron chi connectivity index (χ4n) is 3.40. The van der Waals surface area contributed by atoms with E-state index in [1.165, 1.54) is 4.57 Å². The number of nitrogens with one attached hydrogen (secondary N) is 1. The van der Waals surface area contributed by atoms with Gasteiger partial charge in [-0.1, -0.05) is 18.2 Å². The number of aryl methyl sites for hydroxylation is 1. The van der Waals surface area contributed by atoms with Crippen molar-refractivity contribution in [2.75, 3.05) is 19.8 Å². The first kappa shape index (κ1) is 22.3. The second kappa shape index (κ2) is 10.6. The molecule has 31 heavy (non-hydrogen) atoms. The minimum absolute atomic E-state index is 0.0709. The molecule has 3 rings (SSSR count). The number of rotatable bonds is 10. The molecule has 0 radical (unpaired) electrons. The van der Waals surface area contributed by atoms with Crippen molar-refractivity contribution in [2.24, 2.45) is 7.05 Å². The van der Waals surface area contributed by atoms with Crippen LogP contribution in [0.25, 0.3) is 10.9 Å². The van der Waals surface area contributed by atoms with Gasteiger partial charge in [-0.2, -0.15) is 0 Å². The van der Waals surface area contributed by atoms with Gasteiger partial charge < -0.3 is 14.8 Å². The number of hydrogen-bond donors (Lipinski definition) is 1. The first-order chi connectivity index (χ1) is 15.0. The molecule has 1 heterocycles. The lowest BCUT2D eigenvalue weighted by Gasteiger charge is -2.13. The molecule has 1 N–H and O–H groups in total. The largest absolute Gasteiger partial charge is 0.490 e. The Morgan fingerprint density at radius 3 is 2.55 bits per heavy atom. The van der Waals surface area contributed by atoms with Gasteiger partial charge in [-0.3, -0.25) is 14.2 Å². The first-order valence-electron chi connectivity index (χ1n) is 10.6. The van der Waals surface area contributed by atoms with Crippen molar-refractivity contribution in [3.8, 4) is 11.5 Å². The van der Waals surface area contributed by atoms with Crippen LogP contribution in [0, 0.1) is 0 Å². The molecular weight excluding hydrogens is 394 g/mol. The van der Waals surface area contributed by atoms with E-state index in [9.17, 15) is 9.59 Å². The minimum atomic E-state index is -0.0957. The first-order valence-corrected chi connectivity index (χ1v) is 10.6. The highest BCUT2D eigenvalue weighted by molar-refractivity contribution is 5.78. The van der Waals surface area contributed by atoms with Crippen LogP contribution < -0.4 is 20.3 Å². The van der Waals surface area contributed by atoms with E-state index in [1.807, 2.05) is 50.2 Å². The van der Waals surface area contributed by atoms with Gasteiger partial charge in [-0.25, -0.2) is 4.98 Å². The summed E-state index contributed by atoms with van der Waals surface area (Å²) < 4.78 is 12.7. The van der Waals surface area contributed by atoms with Crippen LogP contribution in [0.3, 0.4) is 0 Å². The number of carbonyl (C=O) groups is 1. The van der Waals surface area contributed by atoms with Crippen LogP contribution in [0.5, 0.6) is 11.5 Å². The van der Waals surface area contributed by atoms with Crippen LogP contribution in [0.15, 0.2) is 47.3 Å². The van der Waals surface area contributed by atoms with Gasteiger partial charge in [0.05, 0.1) is 24.1 Å². The summed E-state index contributed by atoms with van der Waals surface area (Å²) in [5, 5.41) is 3.52. The van der Waals surface area contributed by atoms with Crippen LogP contribution >= 0.6 is 0 Å². The van der Waals surface area contributed by atoms with Crippen LogP contribution in [-0.2, 0) is 24.7 Å². The molecule has 0 bridgehead atoms. The molecule has 0 aliphatic rings. The van der Waals surface area contributed by atoms with E-state index in [2.05, 4.69) is 10.3 Å². The predicted molar refractivity (Wildman–Crippen MR) is 121 cm³/mol. The molecule has 0 atom stereocenters. The number of nitrogens with zero attached hydrogens (tertiary/aromatic N) is 2. The number of aromatic nitrogens is 2. The Balaban J connectivity index is 1.54. The van der Waals surface area contributed by atoms with Gasteiger partial charge in [0.2, 0.25) is 5.91 Å². The second-order valence-electron chi connectivity index (χ2n) is 7.16. The van der Waals surface area contributed by atoms with Crippen molar-refractivity contribution >= 4 is 16.8 Å². The standard InChI is InChI=1S/C24H29N3O4/c1-4-30-20-11-10-17(16-21(20)31-5-2)14-15-25-23(28)13-12-22-26-19-9-7-6-8-18(19)24(29)27(22)3/h6-11,16H,4-5,12-15H2,1-3H3,(H,25,28). The van der Waals surface area contributed by atoms with E-state index in [0.717, 1.165) is 17.1 Å². The summed E-state index contributed by atoms with van der Waals surface area (Å²) in [6.45, 7) is 5.52. The van der Waals surface area contributed by atoms with Crippen LogP contribution in [0.2, 0.25) is 0 Å². The summed E-state index contributed by atoms with van der Waals surface area (Å²) in [5.41, 5.74) is 1.62. The van der Waals surface area contributed by atoms with Gasteiger partial charge in [0.25, 0.3) is 5.56 Å². The quantitative estimate of drug-likeness (QED) is 0.542. The Morgan fingerprint density at radius 2 is 1.77 bits per heavy atom. The Bertz CT molecular complexity index is 1110. The lowest BCUT2D eigenvalue weighted by molar-refractivity contribution is -0.121. The van der Waals surface area contributed by atoms with Gasteiger partial charge in [0.1, 0.15) is 5.82 Å². The van der Waals surface area contributed by atoms with Crippen molar-refractivity contribution in [1.82, 2.24) is 14.9 Å². The van der Waals surface area contributed by atoms with Crippen molar-refractivity contribution < 1.29 is 14.3 Å². The zero-order chi connectivity index (χ0) is 22.2. The summed E-state index contributed by atoms with van der Waals surface area (Å²) in [4.78, 5) is 29.3. The molecule has 3 aromatic rings. The minimum Gasteiger partial charge on any atom is -0.490 e. The van der Waals surface area contributed by atoms with Gasteiger partial charge in [0.15, 0.2) is 11.5 Å². The molecule has 0 unspecified atom stereocenters. The van der Waals surface area contributed by atoms with Crippen molar-refractivity contribution in [3.05, 3.63) is 64.2 Å². The van der Waals surface area contributed by atoms with Gasteiger partial charge >= 0.3 is 0 Å². The molecule has 0 spiro atoms. The molecule has 2 aromatic carbocycles. The molecule has 7 heteroatoms. The van der Waals surface area contributed by atoms with E-state index >= 15 is 0 Å². The fourth-order valence-corrected chi connectivity index (χ4v) is 3.40. The molecule has 0 saturated carbocycles. The number of fused-ring (bicyclic) bond motifs is 1. The zero-order valence-electron chi connectivity index (χ0n) is 18.3. The molecule has 0 aliphatic heterocycles. The number of carbonyl (C=O) groups excluding carboxylic acids is 1. The normalized spacial score (nSPS) is 10.8. The summed E-state index contributed by atoms with van der Waals surface area (Å²) in [7, 11) is 1.69. The maximum atomic E-state index is 12.5. The monoisotopic (exact) mass is 423 g/mol. The number of ether oxygens (including phenoxy) is 2. The molecule has 0 fully saturated rings. The number of para-hydroxylation sites is 1. The third kappa shape index (κ3) is 5.63. The molecule has 1 aromatic heterocycles. The third-order valence-corrected chi connectivity index (χ3v) is 5.00. The van der Waals surface area contributed by atoms with Crippen molar-refractivity contribution in [2.45, 2.75) is 33.1 Å². The molecule has 164 valence electrons. The highest BCUT2D eigenvalue weighted by atomic mass is 16.5. The second-order valence-corrected chi connectivity index (χ2v) is 7.16. The maximum Gasteiger partial charge on any atom is 0.261 e. The highest BCUT2D eigenvalue weighted by Gasteiger charge is 2.10. The van der Waals surface area contributed by atoms with Crippen LogP contribution in [0.4, 0.5) is 0 Å². The van der Waals surface area contributed by atoms with Gasteiger partial charge in [0, 0.05) is 26.4 Å². The maximum absolute atomic E-state index is 12.5. The highest BCUT2D eigenvalue weighted by Crippen LogP contribution is 2.28. The van der Waals surface area contributed by atoms with E-state index in [0.29, 0.717) is 49.3 Å². The van der Waals surface area contributed by atoms with Crippen LogP contribution in [0.1, 0.15) is 31.7 Å². The summed E-state index contributed by atoms with van der Waals surface area (Å²) in [5.74, 6) is 1.98. The third-order valence-electron chi connectivity index (χ3n) is 5.00. The summed E-state index contributed by atoms with van der Waals surface area (Å²) in [6, 6.07) is 13.1. The van der Waals surface area contributed by atoms with E-state index in [4.69, 9.17) is 9.47 Å². The average molecular weight is 424 g/mol. The SMILES string of the molecule is CCOc1ccc(CCNC(=O)CCc2nc3ccccc3c(=O)n2C)cc1OCC. The smallest absolute Gasteiger partial charge is 0.261 e. The lowest BCUT2D eigenvalue weighted by atomic mass is 10.1. The lowest BCUT2D eigenvalue weighted by Crippen LogP contribution is -2.28. The fraction of sp³-hybridized carbons (Fsp3) is 0.375. The van der Waals surface area contributed by atoms with E-state index in [1.54, 1.807) is 13.1 Å². The Morgan fingerprint density at radius 1 is 1.03 bits per heavy atom. The number of benzene rings is 2.